The van der Waals surface area contributed by atoms with Crippen LogP contribution >= 0.6 is 27.7 Å². The summed E-state index contributed by atoms with van der Waals surface area (Å²) in [6, 6.07) is 13.7. The molecule has 96 valence electrons. The van der Waals surface area contributed by atoms with Gasteiger partial charge in [0.2, 0.25) is 5.89 Å². The van der Waals surface area contributed by atoms with E-state index in [4.69, 9.17) is 10.2 Å². The standard InChI is InChI=1S/C14H11BrN2OS/c15-9-4-6-10(7-5-9)19-8-13-17-14-11(16)2-1-3-12(14)18-13/h1-7H,8,16H2. The van der Waals surface area contributed by atoms with Crippen molar-refractivity contribution in [2.24, 2.45) is 0 Å². The maximum absolute atomic E-state index is 5.86. The molecule has 1 heterocycles. The van der Waals surface area contributed by atoms with Crippen LogP contribution in [-0.2, 0) is 5.75 Å². The van der Waals surface area contributed by atoms with E-state index in [9.17, 15) is 0 Å². The number of nitrogens with zero attached hydrogens (tertiary/aromatic N) is 1. The fraction of sp³-hybridized carbons (Fsp3) is 0.0714. The Balaban J connectivity index is 1.78. The molecular weight excluding hydrogens is 324 g/mol. The average Bonchev–Trinajstić information content (AvgIpc) is 2.83. The Morgan fingerprint density at radius 3 is 2.68 bits per heavy atom. The van der Waals surface area contributed by atoms with Crippen LogP contribution in [0.15, 0.2) is 56.2 Å². The quantitative estimate of drug-likeness (QED) is 0.567. The molecule has 0 saturated heterocycles. The molecule has 0 bridgehead atoms. The molecule has 0 amide bonds. The minimum atomic E-state index is 0.654. The van der Waals surface area contributed by atoms with Crippen molar-refractivity contribution in [1.82, 2.24) is 4.98 Å². The van der Waals surface area contributed by atoms with Gasteiger partial charge in [-0.15, -0.1) is 11.8 Å². The van der Waals surface area contributed by atoms with Crippen LogP contribution in [0.3, 0.4) is 0 Å². The normalized spacial score (nSPS) is 11.0. The van der Waals surface area contributed by atoms with Crippen LogP contribution in [0.2, 0.25) is 0 Å². The minimum absolute atomic E-state index is 0.654. The number of oxazole rings is 1. The molecule has 0 aliphatic carbocycles. The monoisotopic (exact) mass is 334 g/mol. The Morgan fingerprint density at radius 1 is 1.16 bits per heavy atom. The maximum Gasteiger partial charge on any atom is 0.205 e. The van der Waals surface area contributed by atoms with Crippen LogP contribution in [0.1, 0.15) is 5.89 Å². The number of hydrogen-bond donors (Lipinski definition) is 1. The predicted octanol–water partition coefficient (Wildman–Crippen LogP) is 4.46. The predicted molar refractivity (Wildman–Crippen MR) is 82.1 cm³/mol. The lowest BCUT2D eigenvalue weighted by Gasteiger charge is -1.98. The van der Waals surface area contributed by atoms with Gasteiger partial charge in [-0.25, -0.2) is 4.98 Å². The number of anilines is 1. The van der Waals surface area contributed by atoms with Gasteiger partial charge in [-0.2, -0.15) is 0 Å². The summed E-state index contributed by atoms with van der Waals surface area (Å²) in [5.74, 6) is 1.39. The molecule has 0 spiro atoms. The lowest BCUT2D eigenvalue weighted by atomic mass is 10.3. The van der Waals surface area contributed by atoms with E-state index in [0.29, 0.717) is 17.3 Å². The van der Waals surface area contributed by atoms with Crippen LogP contribution in [0.4, 0.5) is 5.69 Å². The highest BCUT2D eigenvalue weighted by Gasteiger charge is 2.08. The summed E-state index contributed by atoms with van der Waals surface area (Å²) in [7, 11) is 0. The molecule has 0 atom stereocenters. The second kappa shape index (κ2) is 5.27. The zero-order valence-electron chi connectivity index (χ0n) is 9.97. The second-order valence-electron chi connectivity index (χ2n) is 4.04. The molecule has 2 N–H and O–H groups in total. The Labute approximate surface area is 123 Å². The van der Waals surface area contributed by atoms with E-state index < -0.39 is 0 Å². The van der Waals surface area contributed by atoms with E-state index in [0.717, 1.165) is 15.6 Å². The van der Waals surface area contributed by atoms with Gasteiger partial charge in [0, 0.05) is 9.37 Å². The summed E-state index contributed by atoms with van der Waals surface area (Å²) >= 11 is 5.10. The third-order valence-electron chi connectivity index (χ3n) is 2.67. The van der Waals surface area contributed by atoms with Gasteiger partial charge < -0.3 is 10.2 Å². The van der Waals surface area contributed by atoms with Crippen LogP contribution in [0, 0.1) is 0 Å². The molecular formula is C14H11BrN2OS. The molecule has 0 aliphatic heterocycles. The average molecular weight is 335 g/mol. The van der Waals surface area contributed by atoms with E-state index in [-0.39, 0.29) is 0 Å². The first-order chi connectivity index (χ1) is 9.22. The number of nitrogens with two attached hydrogens (primary N) is 1. The fourth-order valence-electron chi connectivity index (χ4n) is 1.75. The van der Waals surface area contributed by atoms with Gasteiger partial charge in [0.15, 0.2) is 5.58 Å². The summed E-state index contributed by atoms with van der Waals surface area (Å²) < 4.78 is 6.75. The largest absolute Gasteiger partial charge is 0.440 e. The third-order valence-corrected chi connectivity index (χ3v) is 4.20. The highest BCUT2D eigenvalue weighted by Crippen LogP contribution is 2.27. The van der Waals surface area contributed by atoms with Gasteiger partial charge in [-0.3, -0.25) is 0 Å². The van der Waals surface area contributed by atoms with Crippen molar-refractivity contribution >= 4 is 44.5 Å². The van der Waals surface area contributed by atoms with Crippen LogP contribution in [-0.4, -0.2) is 4.98 Å². The van der Waals surface area contributed by atoms with Gasteiger partial charge in [0.05, 0.1) is 11.4 Å². The van der Waals surface area contributed by atoms with Crippen molar-refractivity contribution in [1.29, 1.82) is 0 Å². The number of aromatic nitrogens is 1. The van der Waals surface area contributed by atoms with Crippen molar-refractivity contribution < 1.29 is 4.42 Å². The van der Waals surface area contributed by atoms with Crippen molar-refractivity contribution in [3.8, 4) is 0 Å². The summed E-state index contributed by atoms with van der Waals surface area (Å²) in [6.45, 7) is 0. The lowest BCUT2D eigenvalue weighted by Crippen LogP contribution is -1.85. The number of nitrogen functional groups attached to an aromatic ring is 1. The third kappa shape index (κ3) is 2.77. The molecule has 3 nitrogen and oxygen atoms in total. The molecule has 2 aromatic carbocycles. The van der Waals surface area contributed by atoms with Crippen molar-refractivity contribution in [3.05, 3.63) is 52.8 Å². The fourth-order valence-corrected chi connectivity index (χ4v) is 2.76. The summed E-state index contributed by atoms with van der Waals surface area (Å²) in [5, 5.41) is 0. The van der Waals surface area contributed by atoms with Crippen LogP contribution in [0.25, 0.3) is 11.1 Å². The van der Waals surface area contributed by atoms with Gasteiger partial charge in [0.1, 0.15) is 5.52 Å². The molecule has 0 radical (unpaired) electrons. The number of rotatable bonds is 3. The molecule has 3 aromatic rings. The van der Waals surface area contributed by atoms with E-state index in [1.807, 2.05) is 30.3 Å². The maximum atomic E-state index is 5.86. The Bertz CT molecular complexity index is 709. The Kier molecular flexibility index (Phi) is 3.48. The number of thioether (sulfide) groups is 1. The minimum Gasteiger partial charge on any atom is -0.440 e. The van der Waals surface area contributed by atoms with E-state index in [2.05, 4.69) is 33.0 Å². The molecule has 0 saturated carbocycles. The zero-order valence-corrected chi connectivity index (χ0v) is 12.4. The second-order valence-corrected chi connectivity index (χ2v) is 6.01. The molecule has 5 heteroatoms. The lowest BCUT2D eigenvalue weighted by molar-refractivity contribution is 0.556. The van der Waals surface area contributed by atoms with Gasteiger partial charge >= 0.3 is 0 Å². The topological polar surface area (TPSA) is 52.0 Å². The highest BCUT2D eigenvalue weighted by molar-refractivity contribution is 9.10. The number of hydrogen-bond acceptors (Lipinski definition) is 4. The van der Waals surface area contributed by atoms with E-state index >= 15 is 0 Å². The number of benzene rings is 2. The molecule has 19 heavy (non-hydrogen) atoms. The Hall–Kier alpha value is -1.46. The number of fused-ring (bicyclic) bond motifs is 1. The first-order valence-corrected chi connectivity index (χ1v) is 7.52. The van der Waals surface area contributed by atoms with Gasteiger partial charge in [0.25, 0.3) is 0 Å². The smallest absolute Gasteiger partial charge is 0.205 e. The SMILES string of the molecule is Nc1cccc2oc(CSc3ccc(Br)cc3)nc12. The molecule has 0 aliphatic rings. The summed E-state index contributed by atoms with van der Waals surface area (Å²) in [4.78, 5) is 5.60. The Morgan fingerprint density at radius 2 is 1.95 bits per heavy atom. The van der Waals surface area contributed by atoms with Gasteiger partial charge in [-0.1, -0.05) is 22.0 Å². The van der Waals surface area contributed by atoms with Crippen LogP contribution in [0.5, 0.6) is 0 Å². The molecule has 1 aromatic heterocycles. The summed E-state index contributed by atoms with van der Waals surface area (Å²) in [5.41, 5.74) is 8.00. The van der Waals surface area contributed by atoms with Crippen molar-refractivity contribution in [3.63, 3.8) is 0 Å². The molecule has 3 rings (SSSR count). The number of para-hydroxylation sites is 1. The first kappa shape index (κ1) is 12.6. The van der Waals surface area contributed by atoms with E-state index in [1.165, 1.54) is 4.90 Å². The van der Waals surface area contributed by atoms with Gasteiger partial charge in [-0.05, 0) is 36.4 Å². The van der Waals surface area contributed by atoms with E-state index in [1.54, 1.807) is 11.8 Å². The van der Waals surface area contributed by atoms with Crippen molar-refractivity contribution in [2.75, 3.05) is 5.73 Å². The first-order valence-electron chi connectivity index (χ1n) is 5.74. The highest BCUT2D eigenvalue weighted by atomic mass is 79.9. The zero-order chi connectivity index (χ0) is 13.2. The number of halogens is 1. The van der Waals surface area contributed by atoms with Crippen LogP contribution < -0.4 is 5.73 Å². The van der Waals surface area contributed by atoms with Crippen molar-refractivity contribution in [2.45, 2.75) is 10.6 Å². The molecule has 0 fully saturated rings. The summed E-state index contributed by atoms with van der Waals surface area (Å²) in [6.07, 6.45) is 0. The molecule has 0 unspecified atom stereocenters.